The van der Waals surface area contributed by atoms with Gasteiger partial charge >= 0.3 is 0 Å². The number of nitrogens with zero attached hydrogens (tertiary/aromatic N) is 1. The molecule has 1 fully saturated rings. The molecule has 0 bridgehead atoms. The molecule has 0 spiro atoms. The topological polar surface area (TPSA) is 38.9 Å². The van der Waals surface area contributed by atoms with E-state index in [9.17, 15) is 0 Å². The van der Waals surface area contributed by atoms with Crippen molar-refractivity contribution in [1.29, 1.82) is 0 Å². The molecule has 2 aromatic rings. The summed E-state index contributed by atoms with van der Waals surface area (Å²) in [5.74, 6) is 1.51. The Labute approximate surface area is 127 Å². The summed E-state index contributed by atoms with van der Waals surface area (Å²) in [7, 11) is 0. The van der Waals surface area contributed by atoms with Crippen LogP contribution in [0.15, 0.2) is 36.5 Å². The van der Waals surface area contributed by atoms with Gasteiger partial charge in [-0.3, -0.25) is 4.98 Å². The number of nitrogens with two attached hydrogens (primary N) is 1. The zero-order valence-corrected chi connectivity index (χ0v) is 13.2. The van der Waals surface area contributed by atoms with Crippen LogP contribution in [0, 0.1) is 11.8 Å². The number of aromatic nitrogens is 1. The maximum absolute atomic E-state index is 6.87. The van der Waals surface area contributed by atoms with Crippen molar-refractivity contribution in [3.8, 4) is 0 Å². The van der Waals surface area contributed by atoms with Crippen molar-refractivity contribution in [2.45, 2.75) is 51.5 Å². The molecule has 0 radical (unpaired) electrons. The molecule has 0 aliphatic heterocycles. The maximum Gasteiger partial charge on any atom is 0.0752 e. The molecule has 1 aliphatic carbocycles. The number of benzene rings is 1. The van der Waals surface area contributed by atoms with Gasteiger partial charge in [-0.1, -0.05) is 51.0 Å². The number of hydrogen-bond donors (Lipinski definition) is 1. The van der Waals surface area contributed by atoms with Crippen LogP contribution in [-0.2, 0) is 5.54 Å². The summed E-state index contributed by atoms with van der Waals surface area (Å²) in [4.78, 5) is 4.61. The number of rotatable bonds is 3. The molecule has 1 aliphatic rings. The van der Waals surface area contributed by atoms with Crippen molar-refractivity contribution in [2.75, 3.05) is 0 Å². The molecule has 2 nitrogen and oxygen atoms in total. The monoisotopic (exact) mass is 282 g/mol. The first kappa shape index (κ1) is 14.5. The Bertz CT molecular complexity index is 614. The second-order valence-electron chi connectivity index (χ2n) is 7.13. The van der Waals surface area contributed by atoms with Gasteiger partial charge in [-0.05, 0) is 42.7 Å². The van der Waals surface area contributed by atoms with Crippen molar-refractivity contribution >= 4 is 10.9 Å². The summed E-state index contributed by atoms with van der Waals surface area (Å²) in [6.45, 7) is 4.62. The molecule has 2 heteroatoms. The van der Waals surface area contributed by atoms with E-state index in [0.29, 0.717) is 0 Å². The number of hydrogen-bond acceptors (Lipinski definition) is 2. The molecule has 1 aromatic heterocycles. The van der Waals surface area contributed by atoms with Crippen LogP contribution in [0.25, 0.3) is 10.9 Å². The highest BCUT2D eigenvalue weighted by Crippen LogP contribution is 2.42. The van der Waals surface area contributed by atoms with Gasteiger partial charge in [-0.15, -0.1) is 0 Å². The van der Waals surface area contributed by atoms with Gasteiger partial charge in [-0.2, -0.15) is 0 Å². The van der Waals surface area contributed by atoms with Crippen LogP contribution in [0.5, 0.6) is 0 Å². The molecule has 2 atom stereocenters. The maximum atomic E-state index is 6.87. The predicted octanol–water partition coefficient (Wildman–Crippen LogP) is 4.63. The second-order valence-corrected chi connectivity index (χ2v) is 7.13. The lowest BCUT2D eigenvalue weighted by Gasteiger charge is -2.39. The molecule has 0 amide bonds. The zero-order chi connectivity index (χ0) is 14.9. The molecular formula is C19H26N2. The van der Waals surface area contributed by atoms with Crippen LogP contribution in [0.3, 0.4) is 0 Å². The summed E-state index contributed by atoms with van der Waals surface area (Å²) in [5.41, 5.74) is 9.00. The Kier molecular flexibility index (Phi) is 3.99. The van der Waals surface area contributed by atoms with E-state index in [1.165, 1.54) is 30.2 Å². The largest absolute Gasteiger partial charge is 0.321 e. The van der Waals surface area contributed by atoms with E-state index in [1.54, 1.807) is 0 Å². The lowest BCUT2D eigenvalue weighted by Crippen LogP contribution is -2.42. The van der Waals surface area contributed by atoms with Crippen molar-refractivity contribution in [3.05, 3.63) is 42.1 Å². The first-order valence-electron chi connectivity index (χ1n) is 8.21. The Morgan fingerprint density at radius 3 is 2.90 bits per heavy atom. The number of pyridine rings is 1. The summed E-state index contributed by atoms with van der Waals surface area (Å²) >= 11 is 0. The van der Waals surface area contributed by atoms with Crippen LogP contribution in [0.4, 0.5) is 0 Å². The number of para-hydroxylation sites is 1. The van der Waals surface area contributed by atoms with Crippen LogP contribution < -0.4 is 5.73 Å². The fourth-order valence-electron chi connectivity index (χ4n) is 4.04. The van der Waals surface area contributed by atoms with Crippen molar-refractivity contribution < 1.29 is 0 Å². The minimum absolute atomic E-state index is 0.203. The molecule has 1 saturated carbocycles. The normalized spacial score (nSPS) is 26.4. The quantitative estimate of drug-likeness (QED) is 0.891. The van der Waals surface area contributed by atoms with Gasteiger partial charge in [0.25, 0.3) is 0 Å². The van der Waals surface area contributed by atoms with Crippen LogP contribution in [0.2, 0.25) is 0 Å². The molecular weight excluding hydrogens is 256 g/mol. The van der Waals surface area contributed by atoms with E-state index in [4.69, 9.17) is 5.73 Å². The van der Waals surface area contributed by atoms with Crippen molar-refractivity contribution in [2.24, 2.45) is 17.6 Å². The van der Waals surface area contributed by atoms with E-state index >= 15 is 0 Å². The van der Waals surface area contributed by atoms with Gasteiger partial charge in [0, 0.05) is 17.1 Å². The first-order chi connectivity index (χ1) is 10.1. The minimum Gasteiger partial charge on any atom is -0.321 e. The smallest absolute Gasteiger partial charge is 0.0752 e. The third-order valence-corrected chi connectivity index (χ3v) is 4.86. The molecule has 112 valence electrons. The molecule has 0 saturated heterocycles. The highest BCUT2D eigenvalue weighted by atomic mass is 14.8. The summed E-state index contributed by atoms with van der Waals surface area (Å²) in [6.07, 6.45) is 7.91. The van der Waals surface area contributed by atoms with Gasteiger partial charge in [0.05, 0.1) is 5.52 Å². The lowest BCUT2D eigenvalue weighted by atomic mass is 9.70. The highest BCUT2D eigenvalue weighted by Gasteiger charge is 2.35. The Morgan fingerprint density at radius 2 is 2.10 bits per heavy atom. The van der Waals surface area contributed by atoms with Crippen molar-refractivity contribution in [3.63, 3.8) is 0 Å². The van der Waals surface area contributed by atoms with Crippen molar-refractivity contribution in [1.82, 2.24) is 4.98 Å². The second kappa shape index (κ2) is 5.76. The SMILES string of the molecule is CC(C)CC1CCCC(N)(c2cccc3cccnc23)C1. The molecule has 1 aromatic carbocycles. The summed E-state index contributed by atoms with van der Waals surface area (Å²) < 4.78 is 0. The predicted molar refractivity (Wildman–Crippen MR) is 89.0 cm³/mol. The van der Waals surface area contributed by atoms with E-state index < -0.39 is 0 Å². The zero-order valence-electron chi connectivity index (χ0n) is 13.2. The van der Waals surface area contributed by atoms with E-state index in [2.05, 4.69) is 43.1 Å². The Balaban J connectivity index is 1.96. The fourth-order valence-corrected chi connectivity index (χ4v) is 4.04. The van der Waals surface area contributed by atoms with Gasteiger partial charge in [0.1, 0.15) is 0 Å². The Hall–Kier alpha value is -1.41. The first-order valence-corrected chi connectivity index (χ1v) is 8.21. The van der Waals surface area contributed by atoms with Gasteiger partial charge in [0.15, 0.2) is 0 Å². The van der Waals surface area contributed by atoms with Crippen LogP contribution in [-0.4, -0.2) is 4.98 Å². The molecule has 2 unspecified atom stereocenters. The van der Waals surface area contributed by atoms with E-state index in [1.807, 2.05) is 12.3 Å². The number of fused-ring (bicyclic) bond motifs is 1. The molecule has 1 heterocycles. The van der Waals surface area contributed by atoms with Gasteiger partial charge < -0.3 is 5.73 Å². The van der Waals surface area contributed by atoms with Gasteiger partial charge in [0.2, 0.25) is 0 Å². The third kappa shape index (κ3) is 2.96. The van der Waals surface area contributed by atoms with E-state index in [-0.39, 0.29) is 5.54 Å². The summed E-state index contributed by atoms with van der Waals surface area (Å²) in [5, 5.41) is 1.20. The lowest BCUT2D eigenvalue weighted by molar-refractivity contribution is 0.203. The van der Waals surface area contributed by atoms with Crippen LogP contribution >= 0.6 is 0 Å². The average molecular weight is 282 g/mol. The molecule has 21 heavy (non-hydrogen) atoms. The van der Waals surface area contributed by atoms with E-state index in [0.717, 1.165) is 30.2 Å². The highest BCUT2D eigenvalue weighted by molar-refractivity contribution is 5.82. The summed E-state index contributed by atoms with van der Waals surface area (Å²) in [6, 6.07) is 10.6. The minimum atomic E-state index is -0.203. The average Bonchev–Trinajstić information content (AvgIpc) is 2.46. The molecule has 3 rings (SSSR count). The van der Waals surface area contributed by atoms with Crippen LogP contribution in [0.1, 0.15) is 51.5 Å². The standard InChI is InChI=1S/C19H26N2/c1-14(2)12-15-6-4-10-19(20,13-15)17-9-3-7-16-8-5-11-21-18(16)17/h3,5,7-9,11,14-15H,4,6,10,12-13,20H2,1-2H3. The third-order valence-electron chi connectivity index (χ3n) is 4.86. The Morgan fingerprint density at radius 1 is 1.29 bits per heavy atom. The fraction of sp³-hybridized carbons (Fsp3) is 0.526. The van der Waals surface area contributed by atoms with Gasteiger partial charge in [-0.25, -0.2) is 0 Å². The molecule has 2 N–H and O–H groups in total.